The van der Waals surface area contributed by atoms with E-state index in [1.165, 1.54) is 11.3 Å². The first kappa shape index (κ1) is 19.4. The van der Waals surface area contributed by atoms with Gasteiger partial charge in [-0.2, -0.15) is 9.61 Å². The van der Waals surface area contributed by atoms with Crippen LogP contribution in [0.1, 0.15) is 19.4 Å². The van der Waals surface area contributed by atoms with Crippen LogP contribution in [0.25, 0.3) is 15.5 Å². The van der Waals surface area contributed by atoms with Crippen LogP contribution in [0.15, 0.2) is 54.9 Å². The SMILES string of the molecule is CC(C)(Oc1ccc(Cl)cc1)C(=O)NCc1ccc(-c2nn3cnnc3s2)cc1. The van der Waals surface area contributed by atoms with Gasteiger partial charge in [-0.3, -0.25) is 4.79 Å². The highest BCUT2D eigenvalue weighted by molar-refractivity contribution is 7.19. The molecule has 148 valence electrons. The molecule has 0 bridgehead atoms. The summed E-state index contributed by atoms with van der Waals surface area (Å²) in [6.45, 7) is 3.86. The number of amides is 1. The lowest BCUT2D eigenvalue weighted by Crippen LogP contribution is -2.46. The van der Waals surface area contributed by atoms with Crippen LogP contribution < -0.4 is 10.1 Å². The van der Waals surface area contributed by atoms with Gasteiger partial charge in [-0.1, -0.05) is 47.2 Å². The quantitative estimate of drug-likeness (QED) is 0.503. The maximum atomic E-state index is 12.6. The summed E-state index contributed by atoms with van der Waals surface area (Å²) in [4.78, 5) is 13.3. The largest absolute Gasteiger partial charge is 0.478 e. The normalized spacial score (nSPS) is 11.6. The molecular formula is C20H18ClN5O2S. The van der Waals surface area contributed by atoms with Crippen molar-refractivity contribution in [2.45, 2.75) is 26.0 Å². The number of halogens is 1. The van der Waals surface area contributed by atoms with E-state index in [0.29, 0.717) is 17.3 Å². The number of nitrogens with zero attached hydrogens (tertiary/aromatic N) is 4. The van der Waals surface area contributed by atoms with Crippen molar-refractivity contribution in [2.24, 2.45) is 0 Å². The molecule has 0 aliphatic heterocycles. The number of ether oxygens (including phenoxy) is 1. The molecule has 0 aliphatic carbocycles. The third-order valence-electron chi connectivity index (χ3n) is 4.27. The first-order chi connectivity index (χ1) is 13.9. The minimum atomic E-state index is -1.02. The summed E-state index contributed by atoms with van der Waals surface area (Å²) in [5, 5.41) is 16.6. The zero-order valence-electron chi connectivity index (χ0n) is 15.8. The molecule has 1 N–H and O–H groups in total. The van der Waals surface area contributed by atoms with Gasteiger partial charge in [0.15, 0.2) is 5.60 Å². The van der Waals surface area contributed by atoms with E-state index in [1.807, 2.05) is 24.3 Å². The van der Waals surface area contributed by atoms with E-state index >= 15 is 0 Å². The number of fused-ring (bicyclic) bond motifs is 1. The fraction of sp³-hybridized carbons (Fsp3) is 0.200. The number of hydrogen-bond donors (Lipinski definition) is 1. The molecule has 4 aromatic rings. The summed E-state index contributed by atoms with van der Waals surface area (Å²) in [6, 6.07) is 14.8. The Morgan fingerprint density at radius 2 is 1.90 bits per heavy atom. The van der Waals surface area contributed by atoms with Crippen LogP contribution in [0, 0.1) is 0 Å². The Morgan fingerprint density at radius 1 is 1.17 bits per heavy atom. The highest BCUT2D eigenvalue weighted by Gasteiger charge is 2.29. The zero-order valence-corrected chi connectivity index (χ0v) is 17.4. The van der Waals surface area contributed by atoms with Crippen LogP contribution in [0.4, 0.5) is 0 Å². The summed E-state index contributed by atoms with van der Waals surface area (Å²) in [5.41, 5.74) is 0.951. The number of rotatable bonds is 6. The number of benzene rings is 2. The standard InChI is InChI=1S/C20H18ClN5O2S/c1-20(2,28-16-9-7-15(21)8-10-16)18(27)22-11-13-3-5-14(6-4-13)17-25-26-12-23-24-19(26)29-17/h3-10,12H,11H2,1-2H3,(H,22,27). The van der Waals surface area contributed by atoms with Crippen LogP contribution in [-0.2, 0) is 11.3 Å². The van der Waals surface area contributed by atoms with E-state index in [4.69, 9.17) is 16.3 Å². The van der Waals surface area contributed by atoms with Gasteiger partial charge in [0, 0.05) is 17.1 Å². The lowest BCUT2D eigenvalue weighted by Gasteiger charge is -2.25. The van der Waals surface area contributed by atoms with Crippen molar-refractivity contribution in [3.63, 3.8) is 0 Å². The van der Waals surface area contributed by atoms with Gasteiger partial charge in [0.2, 0.25) is 4.96 Å². The van der Waals surface area contributed by atoms with E-state index in [9.17, 15) is 4.79 Å². The molecule has 0 radical (unpaired) electrons. The lowest BCUT2D eigenvalue weighted by molar-refractivity contribution is -0.134. The van der Waals surface area contributed by atoms with Gasteiger partial charge in [-0.25, -0.2) is 0 Å². The molecule has 29 heavy (non-hydrogen) atoms. The van der Waals surface area contributed by atoms with E-state index in [2.05, 4.69) is 20.6 Å². The second-order valence-corrected chi connectivity index (χ2v) is 8.30. The lowest BCUT2D eigenvalue weighted by atomic mass is 10.1. The van der Waals surface area contributed by atoms with Crippen molar-refractivity contribution in [2.75, 3.05) is 0 Å². The Kier molecular flexibility index (Phi) is 5.21. The Labute approximate surface area is 176 Å². The summed E-state index contributed by atoms with van der Waals surface area (Å²) in [6.07, 6.45) is 1.58. The topological polar surface area (TPSA) is 81.4 Å². The molecular weight excluding hydrogens is 410 g/mol. The highest BCUT2D eigenvalue weighted by atomic mass is 35.5. The molecule has 0 unspecified atom stereocenters. The van der Waals surface area contributed by atoms with Crippen molar-refractivity contribution in [3.8, 4) is 16.3 Å². The average molecular weight is 428 g/mol. The molecule has 9 heteroatoms. The molecule has 7 nitrogen and oxygen atoms in total. The van der Waals surface area contributed by atoms with Crippen LogP contribution in [0.3, 0.4) is 0 Å². The smallest absolute Gasteiger partial charge is 0.263 e. The van der Waals surface area contributed by atoms with Gasteiger partial charge in [0.1, 0.15) is 17.1 Å². The Balaban J connectivity index is 1.37. The van der Waals surface area contributed by atoms with Gasteiger partial charge >= 0.3 is 0 Å². The fourth-order valence-electron chi connectivity index (χ4n) is 2.68. The highest BCUT2D eigenvalue weighted by Crippen LogP contribution is 2.25. The molecule has 4 rings (SSSR count). The maximum absolute atomic E-state index is 12.6. The Morgan fingerprint density at radius 3 is 2.59 bits per heavy atom. The van der Waals surface area contributed by atoms with Crippen LogP contribution in [0.2, 0.25) is 5.02 Å². The number of carbonyl (C=O) groups is 1. The van der Waals surface area contributed by atoms with Crippen molar-refractivity contribution < 1.29 is 9.53 Å². The summed E-state index contributed by atoms with van der Waals surface area (Å²) in [7, 11) is 0. The summed E-state index contributed by atoms with van der Waals surface area (Å²) >= 11 is 7.35. The maximum Gasteiger partial charge on any atom is 0.263 e. The number of hydrogen-bond acceptors (Lipinski definition) is 6. The molecule has 2 aromatic heterocycles. The van der Waals surface area contributed by atoms with Gasteiger partial charge in [0.05, 0.1) is 0 Å². The Hall–Kier alpha value is -2.97. The van der Waals surface area contributed by atoms with E-state index in [-0.39, 0.29) is 5.91 Å². The molecule has 2 heterocycles. The number of aromatic nitrogens is 4. The van der Waals surface area contributed by atoms with E-state index in [1.54, 1.807) is 49.0 Å². The van der Waals surface area contributed by atoms with Crippen molar-refractivity contribution >= 4 is 33.8 Å². The minimum absolute atomic E-state index is 0.204. The van der Waals surface area contributed by atoms with Crippen LogP contribution >= 0.6 is 22.9 Å². The van der Waals surface area contributed by atoms with Gasteiger partial charge in [-0.15, -0.1) is 10.2 Å². The Bertz CT molecular complexity index is 1110. The van der Waals surface area contributed by atoms with Crippen LogP contribution in [-0.4, -0.2) is 31.3 Å². The molecule has 0 saturated heterocycles. The molecule has 1 amide bonds. The molecule has 0 saturated carbocycles. The number of nitrogens with one attached hydrogen (secondary N) is 1. The first-order valence-electron chi connectivity index (χ1n) is 8.90. The molecule has 0 spiro atoms. The fourth-order valence-corrected chi connectivity index (χ4v) is 3.63. The van der Waals surface area contributed by atoms with Gasteiger partial charge < -0.3 is 10.1 Å². The zero-order chi connectivity index (χ0) is 20.4. The molecule has 0 fully saturated rings. The predicted octanol–water partition coefficient (Wildman–Crippen LogP) is 3.98. The third-order valence-corrected chi connectivity index (χ3v) is 5.49. The first-order valence-corrected chi connectivity index (χ1v) is 10.1. The predicted molar refractivity (Wildman–Crippen MR) is 112 cm³/mol. The van der Waals surface area contributed by atoms with Gasteiger partial charge in [-0.05, 0) is 43.7 Å². The minimum Gasteiger partial charge on any atom is -0.478 e. The average Bonchev–Trinajstić information content (AvgIpc) is 3.30. The molecule has 0 atom stereocenters. The second kappa shape index (κ2) is 7.81. The molecule has 0 aliphatic rings. The summed E-state index contributed by atoms with van der Waals surface area (Å²) < 4.78 is 7.46. The summed E-state index contributed by atoms with van der Waals surface area (Å²) in [5.74, 6) is 0.383. The third kappa shape index (κ3) is 4.38. The van der Waals surface area contributed by atoms with Crippen molar-refractivity contribution in [3.05, 3.63) is 65.4 Å². The van der Waals surface area contributed by atoms with Gasteiger partial charge in [0.25, 0.3) is 5.91 Å². The van der Waals surface area contributed by atoms with E-state index in [0.717, 1.165) is 21.1 Å². The van der Waals surface area contributed by atoms with Crippen molar-refractivity contribution in [1.82, 2.24) is 25.1 Å². The van der Waals surface area contributed by atoms with Crippen LogP contribution in [0.5, 0.6) is 5.75 Å². The van der Waals surface area contributed by atoms with E-state index < -0.39 is 5.60 Å². The molecule has 2 aromatic carbocycles. The monoisotopic (exact) mass is 427 g/mol. The second-order valence-electron chi connectivity index (χ2n) is 6.91. The van der Waals surface area contributed by atoms with Crippen molar-refractivity contribution in [1.29, 1.82) is 0 Å². The number of carbonyl (C=O) groups excluding carboxylic acids is 1.